The van der Waals surface area contributed by atoms with Gasteiger partial charge in [-0.15, -0.1) is 0 Å². The second-order valence-corrected chi connectivity index (χ2v) is 7.76. The van der Waals surface area contributed by atoms with Crippen molar-refractivity contribution in [3.8, 4) is 0 Å². The molecule has 0 rings (SSSR count). The first-order valence-electron chi connectivity index (χ1n) is 6.20. The van der Waals surface area contributed by atoms with Crippen LogP contribution in [0.25, 0.3) is 0 Å². The summed E-state index contributed by atoms with van der Waals surface area (Å²) in [5.74, 6) is -0.100. The van der Waals surface area contributed by atoms with E-state index in [0.717, 1.165) is 19.3 Å². The van der Waals surface area contributed by atoms with E-state index in [1.54, 1.807) is 0 Å². The number of halogens is 3. The second kappa shape index (κ2) is 7.78. The van der Waals surface area contributed by atoms with Gasteiger partial charge in [-0.05, 0) is 27.2 Å². The molecule has 1 unspecified atom stereocenters. The topological polar surface area (TPSA) is 41.1 Å². The fourth-order valence-corrected chi connectivity index (χ4v) is 1.73. The predicted octanol–water partition coefficient (Wildman–Crippen LogP) is 3.77. The van der Waals surface area contributed by atoms with E-state index in [0.29, 0.717) is 6.42 Å². The maximum atomic E-state index is 11.7. The lowest BCUT2D eigenvalue weighted by atomic mass is 10.1. The van der Waals surface area contributed by atoms with E-state index in [-0.39, 0.29) is 11.4 Å². The zero-order valence-corrected chi connectivity index (χ0v) is 13.7. The van der Waals surface area contributed by atoms with Crippen LogP contribution in [0.4, 0.5) is 0 Å². The molecule has 0 spiro atoms. The first kappa shape index (κ1) is 18.3. The third-order valence-electron chi connectivity index (χ3n) is 2.22. The number of hydrogen-bond donors (Lipinski definition) is 2. The van der Waals surface area contributed by atoms with Crippen LogP contribution in [0, 0.1) is 0 Å². The Morgan fingerprint density at radius 1 is 1.17 bits per heavy atom. The van der Waals surface area contributed by atoms with E-state index in [1.165, 1.54) is 0 Å². The lowest BCUT2D eigenvalue weighted by molar-refractivity contribution is -0.122. The van der Waals surface area contributed by atoms with Gasteiger partial charge in [0, 0.05) is 12.0 Å². The van der Waals surface area contributed by atoms with E-state index in [1.807, 2.05) is 20.8 Å². The Morgan fingerprint density at radius 2 is 1.72 bits per heavy atom. The first-order chi connectivity index (χ1) is 8.06. The first-order valence-corrected chi connectivity index (χ1v) is 7.33. The van der Waals surface area contributed by atoms with Gasteiger partial charge in [0.2, 0.25) is 9.70 Å². The molecule has 108 valence electrons. The van der Waals surface area contributed by atoms with Crippen molar-refractivity contribution in [1.29, 1.82) is 0 Å². The smallest absolute Gasteiger partial charge is 0.223 e. The summed E-state index contributed by atoms with van der Waals surface area (Å²) < 4.78 is -1.58. The molecular weight excluding hydrogens is 295 g/mol. The van der Waals surface area contributed by atoms with Crippen LogP contribution in [0.5, 0.6) is 0 Å². The van der Waals surface area contributed by atoms with Crippen molar-refractivity contribution in [2.24, 2.45) is 0 Å². The van der Waals surface area contributed by atoms with Crippen LogP contribution < -0.4 is 10.6 Å². The minimum absolute atomic E-state index is 0.100. The molecule has 0 aliphatic carbocycles. The number of carbonyl (C=O) groups is 1. The van der Waals surface area contributed by atoms with Crippen molar-refractivity contribution in [3.63, 3.8) is 0 Å². The highest BCUT2D eigenvalue weighted by molar-refractivity contribution is 6.68. The van der Waals surface area contributed by atoms with E-state index < -0.39 is 9.96 Å². The van der Waals surface area contributed by atoms with Crippen LogP contribution in [-0.2, 0) is 4.79 Å². The minimum atomic E-state index is -1.58. The average Bonchev–Trinajstić information content (AvgIpc) is 2.13. The van der Waals surface area contributed by atoms with Gasteiger partial charge in [0.15, 0.2) is 0 Å². The molecule has 2 N–H and O–H groups in total. The summed E-state index contributed by atoms with van der Waals surface area (Å²) in [5.41, 5.74) is -0.259. The molecule has 0 aromatic carbocycles. The molecule has 0 aromatic rings. The minimum Gasteiger partial charge on any atom is -0.337 e. The Labute approximate surface area is 125 Å². The predicted molar refractivity (Wildman–Crippen MR) is 79.3 cm³/mol. The van der Waals surface area contributed by atoms with Gasteiger partial charge in [-0.1, -0.05) is 54.6 Å². The third-order valence-corrected chi connectivity index (χ3v) is 2.87. The Hall–Kier alpha value is 0.300. The molecule has 0 bridgehead atoms. The molecule has 1 atom stereocenters. The number of unbranched alkanes of at least 4 members (excludes halogenated alkanes) is 2. The number of alkyl halides is 3. The molecule has 0 aliphatic rings. The number of carbonyl (C=O) groups excluding carboxylic acids is 1. The molecule has 3 nitrogen and oxygen atoms in total. The highest BCUT2D eigenvalue weighted by atomic mass is 35.6. The third kappa shape index (κ3) is 9.26. The number of rotatable bonds is 6. The summed E-state index contributed by atoms with van der Waals surface area (Å²) in [6, 6.07) is 0. The quantitative estimate of drug-likeness (QED) is 0.445. The second-order valence-electron chi connectivity index (χ2n) is 5.39. The largest absolute Gasteiger partial charge is 0.337 e. The van der Waals surface area contributed by atoms with Gasteiger partial charge in [-0.25, -0.2) is 0 Å². The summed E-state index contributed by atoms with van der Waals surface area (Å²) in [5, 5.41) is 5.82. The summed E-state index contributed by atoms with van der Waals surface area (Å²) in [4.78, 5) is 11.7. The monoisotopic (exact) mass is 316 g/mol. The van der Waals surface area contributed by atoms with E-state index in [2.05, 4.69) is 17.6 Å². The lowest BCUT2D eigenvalue weighted by Crippen LogP contribution is -2.58. The molecule has 0 radical (unpaired) electrons. The van der Waals surface area contributed by atoms with Crippen molar-refractivity contribution < 1.29 is 4.79 Å². The van der Waals surface area contributed by atoms with E-state index in [4.69, 9.17) is 34.8 Å². The van der Waals surface area contributed by atoms with Crippen LogP contribution in [0.15, 0.2) is 0 Å². The molecule has 18 heavy (non-hydrogen) atoms. The van der Waals surface area contributed by atoms with Crippen LogP contribution in [0.1, 0.15) is 53.4 Å². The van der Waals surface area contributed by atoms with Gasteiger partial charge in [-0.2, -0.15) is 0 Å². The number of nitrogens with one attached hydrogen (secondary N) is 2. The van der Waals surface area contributed by atoms with E-state index >= 15 is 0 Å². The molecule has 0 aliphatic heterocycles. The van der Waals surface area contributed by atoms with Gasteiger partial charge >= 0.3 is 0 Å². The fourth-order valence-electron chi connectivity index (χ4n) is 1.40. The van der Waals surface area contributed by atoms with Gasteiger partial charge in [0.05, 0.1) is 0 Å². The Morgan fingerprint density at radius 3 is 2.11 bits per heavy atom. The highest BCUT2D eigenvalue weighted by Gasteiger charge is 2.36. The molecule has 0 heterocycles. The van der Waals surface area contributed by atoms with Gasteiger partial charge < -0.3 is 5.32 Å². The van der Waals surface area contributed by atoms with E-state index in [9.17, 15) is 4.79 Å². The molecule has 0 aromatic heterocycles. The Balaban J connectivity index is 4.38. The SMILES string of the molecule is CCCCCC(=O)NC(NC(C)(C)C)C(Cl)(Cl)Cl. The molecule has 0 fully saturated rings. The van der Waals surface area contributed by atoms with Crippen LogP contribution in [-0.4, -0.2) is 21.4 Å². The summed E-state index contributed by atoms with van der Waals surface area (Å²) in [6.45, 7) is 7.92. The standard InChI is InChI=1S/C12H23Cl3N2O/c1-5-6-7-8-9(18)16-10(12(13,14)15)17-11(2,3)4/h10,17H,5-8H2,1-4H3,(H,16,18). The van der Waals surface area contributed by atoms with Crippen molar-refractivity contribution in [3.05, 3.63) is 0 Å². The Kier molecular flexibility index (Phi) is 7.91. The maximum Gasteiger partial charge on any atom is 0.223 e. The zero-order valence-electron chi connectivity index (χ0n) is 11.4. The molecule has 0 saturated heterocycles. The lowest BCUT2D eigenvalue weighted by Gasteiger charge is -2.33. The number of hydrogen-bond acceptors (Lipinski definition) is 2. The van der Waals surface area contributed by atoms with Gasteiger partial charge in [-0.3, -0.25) is 10.1 Å². The van der Waals surface area contributed by atoms with Crippen molar-refractivity contribution in [2.75, 3.05) is 0 Å². The van der Waals surface area contributed by atoms with Crippen molar-refractivity contribution in [2.45, 2.75) is 68.9 Å². The normalized spacial score (nSPS) is 14.4. The average molecular weight is 318 g/mol. The van der Waals surface area contributed by atoms with Crippen molar-refractivity contribution >= 4 is 40.7 Å². The van der Waals surface area contributed by atoms with Crippen LogP contribution in [0.3, 0.4) is 0 Å². The molecular formula is C12H23Cl3N2O. The fraction of sp³-hybridized carbons (Fsp3) is 0.917. The summed E-state index contributed by atoms with van der Waals surface area (Å²) >= 11 is 17.6. The summed E-state index contributed by atoms with van der Waals surface area (Å²) in [7, 11) is 0. The van der Waals surface area contributed by atoms with Crippen LogP contribution >= 0.6 is 34.8 Å². The highest BCUT2D eigenvalue weighted by Crippen LogP contribution is 2.30. The molecule has 1 amide bonds. The Bertz CT molecular complexity index is 259. The summed E-state index contributed by atoms with van der Waals surface area (Å²) in [6.07, 6.45) is 2.71. The van der Waals surface area contributed by atoms with Crippen molar-refractivity contribution in [1.82, 2.24) is 10.6 Å². The molecule has 0 saturated carbocycles. The van der Waals surface area contributed by atoms with Crippen LogP contribution in [0.2, 0.25) is 0 Å². The maximum absolute atomic E-state index is 11.7. The van der Waals surface area contributed by atoms with Gasteiger partial charge in [0.25, 0.3) is 0 Å². The molecule has 6 heteroatoms. The van der Waals surface area contributed by atoms with Gasteiger partial charge in [0.1, 0.15) is 6.17 Å². The zero-order chi connectivity index (χ0) is 14.4. The number of amides is 1.